The standard InChI is InChI=1S/C16H18N2O5S/c1-2-17-15(19)16(20)18-11-14(13-9-6-10-23-13)24(21,22)12-7-4-3-5-8-12/h3-10,14H,2,11H2,1H3,(H,17,19)(H,18,20). The Balaban J connectivity index is 2.24. The van der Waals surface area contributed by atoms with E-state index in [1.807, 2.05) is 0 Å². The van der Waals surface area contributed by atoms with Crippen molar-refractivity contribution in [1.82, 2.24) is 10.6 Å². The molecule has 0 fully saturated rings. The van der Waals surface area contributed by atoms with E-state index in [0.29, 0.717) is 6.54 Å². The number of benzene rings is 1. The fourth-order valence-electron chi connectivity index (χ4n) is 2.12. The summed E-state index contributed by atoms with van der Waals surface area (Å²) in [6, 6.07) is 10.9. The third kappa shape index (κ3) is 4.02. The van der Waals surface area contributed by atoms with E-state index in [9.17, 15) is 18.0 Å². The van der Waals surface area contributed by atoms with Crippen LogP contribution in [-0.4, -0.2) is 33.3 Å². The number of likely N-dealkylation sites (N-methyl/N-ethyl adjacent to an activating group) is 1. The van der Waals surface area contributed by atoms with Crippen LogP contribution < -0.4 is 10.6 Å². The van der Waals surface area contributed by atoms with Gasteiger partial charge in [0.2, 0.25) is 0 Å². The normalized spacial score (nSPS) is 12.4. The van der Waals surface area contributed by atoms with Gasteiger partial charge in [0.05, 0.1) is 11.2 Å². The van der Waals surface area contributed by atoms with Gasteiger partial charge in [0.15, 0.2) is 9.84 Å². The molecule has 24 heavy (non-hydrogen) atoms. The molecule has 0 saturated heterocycles. The maximum absolute atomic E-state index is 12.8. The Kier molecular flexibility index (Phi) is 5.75. The number of nitrogens with one attached hydrogen (secondary N) is 2. The highest BCUT2D eigenvalue weighted by Gasteiger charge is 2.32. The van der Waals surface area contributed by atoms with Gasteiger partial charge in [-0.2, -0.15) is 0 Å². The minimum atomic E-state index is -3.80. The molecule has 1 aromatic carbocycles. The van der Waals surface area contributed by atoms with Gasteiger partial charge in [-0.1, -0.05) is 18.2 Å². The number of amides is 2. The molecule has 0 aliphatic heterocycles. The summed E-state index contributed by atoms with van der Waals surface area (Å²) in [6.07, 6.45) is 1.36. The van der Waals surface area contributed by atoms with Crippen molar-refractivity contribution in [3.63, 3.8) is 0 Å². The van der Waals surface area contributed by atoms with Gasteiger partial charge in [0, 0.05) is 13.1 Å². The third-order valence-electron chi connectivity index (χ3n) is 3.30. The molecule has 2 N–H and O–H groups in total. The van der Waals surface area contributed by atoms with Crippen LogP contribution in [0.5, 0.6) is 0 Å². The second kappa shape index (κ2) is 7.78. The third-order valence-corrected chi connectivity index (χ3v) is 5.38. The molecular formula is C16H18N2O5S. The van der Waals surface area contributed by atoms with Gasteiger partial charge >= 0.3 is 11.8 Å². The summed E-state index contributed by atoms with van der Waals surface area (Å²) in [5.41, 5.74) is 0. The van der Waals surface area contributed by atoms with Crippen molar-refractivity contribution in [3.05, 3.63) is 54.5 Å². The van der Waals surface area contributed by atoms with Crippen molar-refractivity contribution < 1.29 is 22.4 Å². The number of sulfone groups is 1. The van der Waals surface area contributed by atoms with Crippen molar-refractivity contribution in [2.45, 2.75) is 17.1 Å². The monoisotopic (exact) mass is 350 g/mol. The Morgan fingerprint density at radius 1 is 1.04 bits per heavy atom. The predicted molar refractivity (Wildman–Crippen MR) is 86.8 cm³/mol. The van der Waals surface area contributed by atoms with Crippen LogP contribution >= 0.6 is 0 Å². The van der Waals surface area contributed by atoms with Gasteiger partial charge in [0.1, 0.15) is 11.0 Å². The maximum Gasteiger partial charge on any atom is 0.309 e. The van der Waals surface area contributed by atoms with E-state index in [1.165, 1.54) is 24.5 Å². The van der Waals surface area contributed by atoms with Gasteiger partial charge in [-0.05, 0) is 31.2 Å². The van der Waals surface area contributed by atoms with Crippen molar-refractivity contribution in [2.24, 2.45) is 0 Å². The van der Waals surface area contributed by atoms with E-state index in [1.54, 1.807) is 31.2 Å². The zero-order valence-electron chi connectivity index (χ0n) is 13.1. The van der Waals surface area contributed by atoms with Gasteiger partial charge < -0.3 is 15.1 Å². The van der Waals surface area contributed by atoms with Gasteiger partial charge in [-0.3, -0.25) is 9.59 Å². The number of rotatable bonds is 6. The minimum absolute atomic E-state index is 0.110. The summed E-state index contributed by atoms with van der Waals surface area (Å²) >= 11 is 0. The highest BCUT2D eigenvalue weighted by Crippen LogP contribution is 2.28. The van der Waals surface area contributed by atoms with Crippen molar-refractivity contribution >= 4 is 21.7 Å². The van der Waals surface area contributed by atoms with E-state index >= 15 is 0 Å². The van der Waals surface area contributed by atoms with Gasteiger partial charge in [0.25, 0.3) is 0 Å². The second-order valence-electron chi connectivity index (χ2n) is 4.93. The SMILES string of the molecule is CCNC(=O)C(=O)NCC(c1ccco1)S(=O)(=O)c1ccccc1. The lowest BCUT2D eigenvalue weighted by atomic mass is 10.3. The molecule has 2 amide bonds. The average Bonchev–Trinajstić information content (AvgIpc) is 3.10. The Morgan fingerprint density at radius 3 is 2.29 bits per heavy atom. The van der Waals surface area contributed by atoms with E-state index in [2.05, 4.69) is 10.6 Å². The molecule has 0 aliphatic rings. The van der Waals surface area contributed by atoms with E-state index in [4.69, 9.17) is 4.42 Å². The molecule has 1 heterocycles. The quantitative estimate of drug-likeness (QED) is 0.758. The first-order chi connectivity index (χ1) is 11.5. The number of furan rings is 1. The Bertz CT molecular complexity index is 785. The number of hydrogen-bond acceptors (Lipinski definition) is 5. The molecule has 0 bridgehead atoms. The van der Waals surface area contributed by atoms with Crippen LogP contribution in [0.3, 0.4) is 0 Å². The second-order valence-corrected chi connectivity index (χ2v) is 7.06. The van der Waals surface area contributed by atoms with Crippen LogP contribution in [0.2, 0.25) is 0 Å². The molecule has 0 spiro atoms. The van der Waals surface area contributed by atoms with Crippen LogP contribution in [0.4, 0.5) is 0 Å². The molecule has 2 aromatic rings. The molecule has 1 aromatic heterocycles. The van der Waals surface area contributed by atoms with E-state index in [0.717, 1.165) is 0 Å². The number of carbonyl (C=O) groups excluding carboxylic acids is 2. The van der Waals surface area contributed by atoms with Crippen LogP contribution in [0.1, 0.15) is 17.9 Å². The molecule has 128 valence electrons. The van der Waals surface area contributed by atoms with Crippen LogP contribution in [0.15, 0.2) is 58.0 Å². The Hall–Kier alpha value is -2.61. The summed E-state index contributed by atoms with van der Waals surface area (Å²) in [4.78, 5) is 23.3. The van der Waals surface area contributed by atoms with Crippen LogP contribution in [-0.2, 0) is 19.4 Å². The minimum Gasteiger partial charge on any atom is -0.468 e. The molecular weight excluding hydrogens is 332 g/mol. The van der Waals surface area contributed by atoms with Crippen molar-refractivity contribution in [1.29, 1.82) is 0 Å². The molecule has 8 heteroatoms. The summed E-state index contributed by atoms with van der Waals surface area (Å²) in [5, 5.41) is 3.56. The number of carbonyl (C=O) groups is 2. The summed E-state index contributed by atoms with van der Waals surface area (Å²) in [5.74, 6) is -1.51. The lowest BCUT2D eigenvalue weighted by Crippen LogP contribution is -2.42. The number of hydrogen-bond donors (Lipinski definition) is 2. The zero-order valence-corrected chi connectivity index (χ0v) is 13.9. The van der Waals surface area contributed by atoms with E-state index < -0.39 is 26.9 Å². The molecule has 2 rings (SSSR count). The molecule has 1 atom stereocenters. The average molecular weight is 350 g/mol. The topological polar surface area (TPSA) is 105 Å². The van der Waals surface area contributed by atoms with Crippen LogP contribution in [0, 0.1) is 0 Å². The lowest BCUT2D eigenvalue weighted by molar-refractivity contribution is -0.139. The molecule has 0 saturated carbocycles. The highest BCUT2D eigenvalue weighted by molar-refractivity contribution is 7.91. The van der Waals surface area contributed by atoms with Crippen LogP contribution in [0.25, 0.3) is 0 Å². The lowest BCUT2D eigenvalue weighted by Gasteiger charge is -2.16. The molecule has 7 nitrogen and oxygen atoms in total. The summed E-state index contributed by atoms with van der Waals surface area (Å²) in [6.45, 7) is 1.70. The highest BCUT2D eigenvalue weighted by atomic mass is 32.2. The Labute approximate surface area is 140 Å². The predicted octanol–water partition coefficient (Wildman–Crippen LogP) is 1.05. The van der Waals surface area contributed by atoms with Gasteiger partial charge in [-0.25, -0.2) is 8.42 Å². The molecule has 0 aliphatic carbocycles. The van der Waals surface area contributed by atoms with Crippen molar-refractivity contribution in [3.8, 4) is 0 Å². The maximum atomic E-state index is 12.8. The van der Waals surface area contributed by atoms with Crippen molar-refractivity contribution in [2.75, 3.05) is 13.1 Å². The summed E-state index contributed by atoms with van der Waals surface area (Å²) < 4.78 is 30.9. The zero-order chi connectivity index (χ0) is 17.6. The smallest absolute Gasteiger partial charge is 0.309 e. The molecule has 1 unspecified atom stereocenters. The largest absolute Gasteiger partial charge is 0.468 e. The fraction of sp³-hybridized carbons (Fsp3) is 0.250. The first-order valence-electron chi connectivity index (χ1n) is 7.35. The van der Waals surface area contributed by atoms with Gasteiger partial charge in [-0.15, -0.1) is 0 Å². The Morgan fingerprint density at radius 2 is 1.71 bits per heavy atom. The summed E-state index contributed by atoms with van der Waals surface area (Å²) in [7, 11) is -3.80. The fourth-order valence-corrected chi connectivity index (χ4v) is 3.73. The molecule has 0 radical (unpaired) electrons. The van der Waals surface area contributed by atoms with E-state index in [-0.39, 0.29) is 17.2 Å². The first kappa shape index (κ1) is 17.7. The first-order valence-corrected chi connectivity index (χ1v) is 8.89.